The van der Waals surface area contributed by atoms with E-state index in [9.17, 15) is 4.79 Å². The molecule has 3 atom stereocenters. The smallest absolute Gasteiger partial charge is 0.139 e. The molecule has 0 aliphatic carbocycles. The van der Waals surface area contributed by atoms with Crippen molar-refractivity contribution in [3.05, 3.63) is 0 Å². The maximum Gasteiger partial charge on any atom is 0.139 e. The molecule has 3 heteroatoms. The van der Waals surface area contributed by atoms with Gasteiger partial charge in [0, 0.05) is 24.4 Å². The van der Waals surface area contributed by atoms with E-state index in [1.807, 2.05) is 0 Å². The molecule has 2 fully saturated rings. The molecule has 3 nitrogen and oxygen atoms in total. The van der Waals surface area contributed by atoms with Crippen LogP contribution in [0.3, 0.4) is 0 Å². The monoisotopic (exact) mass is 182 g/mol. The van der Waals surface area contributed by atoms with Crippen LogP contribution in [0.25, 0.3) is 0 Å². The van der Waals surface area contributed by atoms with Crippen molar-refractivity contribution >= 4 is 5.78 Å². The molecule has 2 bridgehead atoms. The van der Waals surface area contributed by atoms with Crippen LogP contribution in [-0.2, 0) is 4.79 Å². The van der Waals surface area contributed by atoms with E-state index in [0.717, 1.165) is 12.8 Å². The third-order valence-corrected chi connectivity index (χ3v) is 3.69. The summed E-state index contributed by atoms with van der Waals surface area (Å²) in [5.74, 6) is 0.685. The Morgan fingerprint density at radius 3 is 3.00 bits per heavy atom. The van der Waals surface area contributed by atoms with Crippen LogP contribution in [0.15, 0.2) is 0 Å². The van der Waals surface area contributed by atoms with E-state index < -0.39 is 0 Å². The Morgan fingerprint density at radius 2 is 2.31 bits per heavy atom. The van der Waals surface area contributed by atoms with E-state index in [2.05, 4.69) is 11.9 Å². The normalized spacial score (nSPS) is 39.8. The van der Waals surface area contributed by atoms with Crippen LogP contribution in [0.1, 0.15) is 25.7 Å². The highest BCUT2D eigenvalue weighted by Gasteiger charge is 2.44. The molecule has 0 spiro atoms. The summed E-state index contributed by atoms with van der Waals surface area (Å²) in [7, 11) is 2.15. The number of ketones is 1. The van der Waals surface area contributed by atoms with Gasteiger partial charge in [0.1, 0.15) is 5.78 Å². The summed E-state index contributed by atoms with van der Waals surface area (Å²) >= 11 is 0. The Hall–Kier alpha value is -0.410. The Balaban J connectivity index is 2.12. The van der Waals surface area contributed by atoms with E-state index >= 15 is 0 Å². The van der Waals surface area contributed by atoms with Gasteiger partial charge in [-0.3, -0.25) is 9.69 Å². The van der Waals surface area contributed by atoms with Gasteiger partial charge in [0.05, 0.1) is 0 Å². The topological polar surface area (TPSA) is 46.3 Å². The van der Waals surface area contributed by atoms with Gasteiger partial charge in [0.2, 0.25) is 0 Å². The molecule has 0 aromatic heterocycles. The van der Waals surface area contributed by atoms with Crippen molar-refractivity contribution in [2.45, 2.75) is 37.8 Å². The lowest BCUT2D eigenvalue weighted by molar-refractivity contribution is -0.128. The molecule has 0 aromatic rings. The van der Waals surface area contributed by atoms with Gasteiger partial charge in [-0.05, 0) is 32.9 Å². The first kappa shape index (κ1) is 9.16. The van der Waals surface area contributed by atoms with Crippen LogP contribution in [-0.4, -0.2) is 36.4 Å². The Labute approximate surface area is 79.3 Å². The third kappa shape index (κ3) is 1.40. The van der Waals surface area contributed by atoms with Crippen LogP contribution in [0, 0.1) is 5.92 Å². The maximum atomic E-state index is 11.7. The second-order valence-electron chi connectivity index (χ2n) is 4.32. The van der Waals surface area contributed by atoms with Crippen LogP contribution >= 0.6 is 0 Å². The van der Waals surface area contributed by atoms with E-state index in [-0.39, 0.29) is 5.92 Å². The average Bonchev–Trinajstić information content (AvgIpc) is 2.34. The molecular weight excluding hydrogens is 164 g/mol. The molecule has 2 heterocycles. The van der Waals surface area contributed by atoms with Crippen LogP contribution in [0.5, 0.6) is 0 Å². The molecular formula is C10H18N2O. The molecule has 0 aromatic carbocycles. The molecule has 2 rings (SSSR count). The van der Waals surface area contributed by atoms with Crippen molar-refractivity contribution in [3.8, 4) is 0 Å². The van der Waals surface area contributed by atoms with Gasteiger partial charge < -0.3 is 5.73 Å². The van der Waals surface area contributed by atoms with Crippen LogP contribution < -0.4 is 5.73 Å². The van der Waals surface area contributed by atoms with Crippen molar-refractivity contribution in [2.75, 3.05) is 13.6 Å². The number of nitrogens with zero attached hydrogens (tertiary/aromatic N) is 1. The molecule has 0 radical (unpaired) electrons. The minimum Gasteiger partial charge on any atom is -0.330 e. The molecule has 2 aliphatic rings. The predicted molar refractivity (Wildman–Crippen MR) is 51.4 cm³/mol. The summed E-state index contributed by atoms with van der Waals surface area (Å²) in [6, 6.07) is 1.03. The van der Waals surface area contributed by atoms with E-state index in [1.165, 1.54) is 12.8 Å². The number of hydrogen-bond acceptors (Lipinski definition) is 3. The number of piperidine rings is 1. The van der Waals surface area contributed by atoms with E-state index in [1.54, 1.807) is 0 Å². The highest BCUT2D eigenvalue weighted by molar-refractivity contribution is 5.83. The lowest BCUT2D eigenvalue weighted by Gasteiger charge is -2.36. The molecule has 2 aliphatic heterocycles. The molecule has 2 N–H and O–H groups in total. The van der Waals surface area contributed by atoms with Gasteiger partial charge in [-0.1, -0.05) is 0 Å². The SMILES string of the molecule is CN1C2CCC1C(CCN)C(=O)C2. The Morgan fingerprint density at radius 1 is 1.54 bits per heavy atom. The summed E-state index contributed by atoms with van der Waals surface area (Å²) in [6.45, 7) is 0.644. The first-order valence-corrected chi connectivity index (χ1v) is 5.18. The minimum absolute atomic E-state index is 0.230. The van der Waals surface area contributed by atoms with E-state index in [0.29, 0.717) is 24.4 Å². The molecule has 0 saturated carbocycles. The van der Waals surface area contributed by atoms with Gasteiger partial charge in [-0.25, -0.2) is 0 Å². The molecule has 2 saturated heterocycles. The average molecular weight is 182 g/mol. The van der Waals surface area contributed by atoms with Crippen LogP contribution in [0.4, 0.5) is 0 Å². The summed E-state index contributed by atoms with van der Waals surface area (Å²) in [6.07, 6.45) is 4.03. The summed E-state index contributed by atoms with van der Waals surface area (Å²) < 4.78 is 0. The maximum absolute atomic E-state index is 11.7. The summed E-state index contributed by atoms with van der Waals surface area (Å²) in [5.41, 5.74) is 5.53. The van der Waals surface area contributed by atoms with Crippen LogP contribution in [0.2, 0.25) is 0 Å². The zero-order valence-corrected chi connectivity index (χ0v) is 8.20. The molecule has 3 unspecified atom stereocenters. The predicted octanol–water partition coefficient (Wildman–Crippen LogP) is 0.387. The fraction of sp³-hybridized carbons (Fsp3) is 0.900. The summed E-state index contributed by atoms with van der Waals surface area (Å²) in [4.78, 5) is 14.1. The Kier molecular flexibility index (Phi) is 2.39. The molecule has 13 heavy (non-hydrogen) atoms. The number of carbonyl (C=O) groups is 1. The van der Waals surface area contributed by atoms with Crippen molar-refractivity contribution in [2.24, 2.45) is 11.7 Å². The quantitative estimate of drug-likeness (QED) is 0.672. The first-order valence-electron chi connectivity index (χ1n) is 5.18. The number of Topliss-reactive ketones (excluding diaryl/α,β-unsaturated/α-hetero) is 1. The zero-order chi connectivity index (χ0) is 9.42. The third-order valence-electron chi connectivity index (χ3n) is 3.69. The van der Waals surface area contributed by atoms with Crippen molar-refractivity contribution in [3.63, 3.8) is 0 Å². The second-order valence-corrected chi connectivity index (χ2v) is 4.32. The summed E-state index contributed by atoms with van der Waals surface area (Å²) in [5, 5.41) is 0. The number of carbonyl (C=O) groups excluding carboxylic acids is 1. The largest absolute Gasteiger partial charge is 0.330 e. The fourth-order valence-electron chi connectivity index (χ4n) is 2.90. The number of fused-ring (bicyclic) bond motifs is 2. The second kappa shape index (κ2) is 3.39. The van der Waals surface area contributed by atoms with Gasteiger partial charge >= 0.3 is 0 Å². The number of rotatable bonds is 2. The Bertz CT molecular complexity index is 217. The van der Waals surface area contributed by atoms with Crippen molar-refractivity contribution in [1.82, 2.24) is 4.90 Å². The number of nitrogens with two attached hydrogens (primary N) is 1. The fourth-order valence-corrected chi connectivity index (χ4v) is 2.90. The van der Waals surface area contributed by atoms with Gasteiger partial charge in [-0.2, -0.15) is 0 Å². The lowest BCUT2D eigenvalue weighted by atomic mass is 9.87. The standard InChI is InChI=1S/C10H18N2O/c1-12-7-2-3-9(12)8(4-5-11)10(13)6-7/h7-9H,2-6,11H2,1H3. The van der Waals surface area contributed by atoms with Gasteiger partial charge in [0.25, 0.3) is 0 Å². The molecule has 0 amide bonds. The highest BCUT2D eigenvalue weighted by atomic mass is 16.1. The van der Waals surface area contributed by atoms with E-state index in [4.69, 9.17) is 5.73 Å². The minimum atomic E-state index is 0.230. The molecule has 74 valence electrons. The van der Waals surface area contributed by atoms with Crippen molar-refractivity contribution in [1.29, 1.82) is 0 Å². The first-order chi connectivity index (χ1) is 6.24. The lowest BCUT2D eigenvalue weighted by Crippen LogP contribution is -2.47. The van der Waals surface area contributed by atoms with Gasteiger partial charge in [0.15, 0.2) is 0 Å². The van der Waals surface area contributed by atoms with Crippen molar-refractivity contribution < 1.29 is 4.79 Å². The van der Waals surface area contributed by atoms with Gasteiger partial charge in [-0.15, -0.1) is 0 Å². The highest BCUT2D eigenvalue weighted by Crippen LogP contribution is 2.37. The zero-order valence-electron chi connectivity index (χ0n) is 8.20. The number of hydrogen-bond donors (Lipinski definition) is 1.